The summed E-state index contributed by atoms with van der Waals surface area (Å²) in [5.41, 5.74) is 1.04. The molecule has 0 spiro atoms. The molecule has 0 saturated carbocycles. The van der Waals surface area contributed by atoms with Gasteiger partial charge in [0.05, 0.1) is 0 Å². The van der Waals surface area contributed by atoms with Crippen molar-refractivity contribution in [2.45, 2.75) is 38.6 Å². The molecule has 110 valence electrons. The maximum absolute atomic E-state index is 12.8. The van der Waals surface area contributed by atoms with Gasteiger partial charge in [-0.15, -0.1) is 0 Å². The van der Waals surface area contributed by atoms with Gasteiger partial charge in [0.25, 0.3) is 0 Å². The molecule has 2 N–H and O–H groups in total. The van der Waals surface area contributed by atoms with Crippen LogP contribution in [0.25, 0.3) is 0 Å². The molecule has 1 aromatic rings. The molecule has 0 aromatic heterocycles. The molecule has 1 amide bonds. The maximum Gasteiger partial charge on any atom is 0.220 e. The van der Waals surface area contributed by atoms with Crippen molar-refractivity contribution in [2.75, 3.05) is 13.1 Å². The van der Waals surface area contributed by atoms with E-state index in [-0.39, 0.29) is 17.8 Å². The summed E-state index contributed by atoms with van der Waals surface area (Å²) in [5, 5.41) is 6.35. The Balaban J connectivity index is 1.74. The fourth-order valence-corrected chi connectivity index (χ4v) is 2.72. The molecule has 1 aliphatic rings. The van der Waals surface area contributed by atoms with E-state index in [4.69, 9.17) is 0 Å². The van der Waals surface area contributed by atoms with Crippen LogP contribution in [0.15, 0.2) is 24.3 Å². The zero-order valence-corrected chi connectivity index (χ0v) is 12.0. The molecular formula is C16H23FN2O. The lowest BCUT2D eigenvalue weighted by Crippen LogP contribution is -2.38. The van der Waals surface area contributed by atoms with Gasteiger partial charge < -0.3 is 10.6 Å². The molecular weight excluding hydrogens is 255 g/mol. The van der Waals surface area contributed by atoms with Gasteiger partial charge in [0, 0.05) is 12.5 Å². The first-order valence-corrected chi connectivity index (χ1v) is 7.38. The van der Waals surface area contributed by atoms with Crippen LogP contribution < -0.4 is 10.6 Å². The highest BCUT2D eigenvalue weighted by molar-refractivity contribution is 5.76. The molecule has 0 radical (unpaired) electrons. The van der Waals surface area contributed by atoms with Crippen molar-refractivity contribution < 1.29 is 9.18 Å². The van der Waals surface area contributed by atoms with Crippen molar-refractivity contribution in [3.8, 4) is 0 Å². The minimum atomic E-state index is -0.227. The third-order valence-corrected chi connectivity index (χ3v) is 3.74. The minimum absolute atomic E-state index is 0.0736. The van der Waals surface area contributed by atoms with Gasteiger partial charge in [-0.05, 0) is 62.9 Å². The van der Waals surface area contributed by atoms with E-state index < -0.39 is 0 Å². The lowest BCUT2D eigenvalue weighted by molar-refractivity contribution is -0.122. The van der Waals surface area contributed by atoms with Crippen LogP contribution in [0.5, 0.6) is 0 Å². The van der Waals surface area contributed by atoms with E-state index in [0.717, 1.165) is 37.9 Å². The number of carbonyl (C=O) groups excluding carboxylic acids is 1. The average Bonchev–Trinajstić information content (AvgIpc) is 2.42. The predicted molar refractivity (Wildman–Crippen MR) is 77.9 cm³/mol. The maximum atomic E-state index is 12.8. The van der Waals surface area contributed by atoms with E-state index in [1.807, 2.05) is 6.92 Å². The first-order valence-electron chi connectivity index (χ1n) is 7.38. The smallest absolute Gasteiger partial charge is 0.220 e. The molecule has 2 rings (SSSR count). The molecule has 1 aliphatic heterocycles. The lowest BCUT2D eigenvalue weighted by atomic mass is 9.95. The Bertz CT molecular complexity index is 427. The standard InChI is InChI=1S/C16H23FN2O/c1-12(9-13-4-6-15(17)7-5-13)19-16(20)10-14-3-2-8-18-11-14/h4-7,12,14,18H,2-3,8-11H2,1H3,(H,19,20). The number of halogens is 1. The van der Waals surface area contributed by atoms with Gasteiger partial charge in [-0.2, -0.15) is 0 Å². The number of carbonyl (C=O) groups is 1. The van der Waals surface area contributed by atoms with Crippen LogP contribution in [-0.2, 0) is 11.2 Å². The highest BCUT2D eigenvalue weighted by atomic mass is 19.1. The van der Waals surface area contributed by atoms with Crippen LogP contribution in [0.3, 0.4) is 0 Å². The van der Waals surface area contributed by atoms with Crippen LogP contribution in [0.2, 0.25) is 0 Å². The number of hydrogen-bond acceptors (Lipinski definition) is 2. The predicted octanol–water partition coefficient (Wildman–Crippen LogP) is 2.26. The van der Waals surface area contributed by atoms with Crippen LogP contribution in [0.1, 0.15) is 31.7 Å². The number of piperidine rings is 1. The van der Waals surface area contributed by atoms with Gasteiger partial charge in [-0.25, -0.2) is 4.39 Å². The highest BCUT2D eigenvalue weighted by Gasteiger charge is 2.17. The molecule has 1 saturated heterocycles. The first-order chi connectivity index (χ1) is 9.63. The van der Waals surface area contributed by atoms with Crippen molar-refractivity contribution in [2.24, 2.45) is 5.92 Å². The van der Waals surface area contributed by atoms with Crippen molar-refractivity contribution in [3.05, 3.63) is 35.6 Å². The van der Waals surface area contributed by atoms with E-state index in [1.54, 1.807) is 12.1 Å². The van der Waals surface area contributed by atoms with Crippen LogP contribution in [-0.4, -0.2) is 25.0 Å². The van der Waals surface area contributed by atoms with E-state index in [2.05, 4.69) is 10.6 Å². The summed E-state index contributed by atoms with van der Waals surface area (Å²) in [6, 6.07) is 6.52. The SMILES string of the molecule is CC(Cc1ccc(F)cc1)NC(=O)CC1CCCNC1. The van der Waals surface area contributed by atoms with Gasteiger partial charge in [0.15, 0.2) is 0 Å². The van der Waals surface area contributed by atoms with E-state index in [0.29, 0.717) is 12.3 Å². The third kappa shape index (κ3) is 4.93. The number of nitrogens with one attached hydrogen (secondary N) is 2. The number of benzene rings is 1. The summed E-state index contributed by atoms with van der Waals surface area (Å²) < 4.78 is 12.8. The van der Waals surface area contributed by atoms with E-state index >= 15 is 0 Å². The van der Waals surface area contributed by atoms with Crippen LogP contribution in [0, 0.1) is 11.7 Å². The number of amides is 1. The van der Waals surface area contributed by atoms with Crippen molar-refractivity contribution in [3.63, 3.8) is 0 Å². The van der Waals surface area contributed by atoms with E-state index in [1.165, 1.54) is 12.1 Å². The fraction of sp³-hybridized carbons (Fsp3) is 0.562. The van der Waals surface area contributed by atoms with Gasteiger partial charge >= 0.3 is 0 Å². The fourth-order valence-electron chi connectivity index (χ4n) is 2.72. The summed E-state index contributed by atoms with van der Waals surface area (Å²) in [7, 11) is 0. The van der Waals surface area contributed by atoms with Crippen molar-refractivity contribution in [1.29, 1.82) is 0 Å². The summed E-state index contributed by atoms with van der Waals surface area (Å²) >= 11 is 0. The van der Waals surface area contributed by atoms with Gasteiger partial charge in [0.2, 0.25) is 5.91 Å². The van der Waals surface area contributed by atoms with Gasteiger partial charge in [0.1, 0.15) is 5.82 Å². The molecule has 1 heterocycles. The zero-order valence-electron chi connectivity index (χ0n) is 12.0. The summed E-state index contributed by atoms with van der Waals surface area (Å²) in [4.78, 5) is 12.0. The minimum Gasteiger partial charge on any atom is -0.353 e. The molecule has 1 aromatic carbocycles. The largest absolute Gasteiger partial charge is 0.353 e. The van der Waals surface area contributed by atoms with Crippen LogP contribution >= 0.6 is 0 Å². The monoisotopic (exact) mass is 278 g/mol. The average molecular weight is 278 g/mol. The zero-order chi connectivity index (χ0) is 14.4. The second-order valence-corrected chi connectivity index (χ2v) is 5.72. The first kappa shape index (κ1) is 15.0. The van der Waals surface area contributed by atoms with Crippen LogP contribution in [0.4, 0.5) is 4.39 Å². The Morgan fingerprint density at radius 1 is 1.45 bits per heavy atom. The normalized spacial score (nSPS) is 20.4. The summed E-state index contributed by atoms with van der Waals surface area (Å²) in [5.74, 6) is 0.352. The Morgan fingerprint density at radius 2 is 2.20 bits per heavy atom. The molecule has 4 heteroatoms. The Morgan fingerprint density at radius 3 is 2.85 bits per heavy atom. The summed E-state index contributed by atoms with van der Waals surface area (Å²) in [6.45, 7) is 4.00. The molecule has 2 unspecified atom stereocenters. The Labute approximate surface area is 120 Å². The molecule has 0 aliphatic carbocycles. The second-order valence-electron chi connectivity index (χ2n) is 5.72. The lowest BCUT2D eigenvalue weighted by Gasteiger charge is -2.23. The van der Waals surface area contributed by atoms with E-state index in [9.17, 15) is 9.18 Å². The van der Waals surface area contributed by atoms with Gasteiger partial charge in [-0.3, -0.25) is 4.79 Å². The third-order valence-electron chi connectivity index (χ3n) is 3.74. The highest BCUT2D eigenvalue weighted by Crippen LogP contribution is 2.14. The van der Waals surface area contributed by atoms with Crippen molar-refractivity contribution >= 4 is 5.91 Å². The van der Waals surface area contributed by atoms with Crippen molar-refractivity contribution in [1.82, 2.24) is 10.6 Å². The molecule has 3 nitrogen and oxygen atoms in total. The second kappa shape index (κ2) is 7.39. The molecule has 20 heavy (non-hydrogen) atoms. The molecule has 1 fully saturated rings. The topological polar surface area (TPSA) is 41.1 Å². The Hall–Kier alpha value is -1.42. The quantitative estimate of drug-likeness (QED) is 0.867. The summed E-state index contributed by atoms with van der Waals surface area (Å²) in [6.07, 6.45) is 3.62. The molecule has 2 atom stereocenters. The number of rotatable bonds is 5. The number of hydrogen-bond donors (Lipinski definition) is 2. The van der Waals surface area contributed by atoms with Gasteiger partial charge in [-0.1, -0.05) is 12.1 Å². The Kier molecular flexibility index (Phi) is 5.53. The molecule has 0 bridgehead atoms.